The first-order chi connectivity index (χ1) is 7.36. The number of ketones is 1. The minimum atomic E-state index is 0.240. The molecule has 0 bridgehead atoms. The van der Waals surface area contributed by atoms with Crippen molar-refractivity contribution >= 4 is 5.78 Å². The second-order valence-corrected chi connectivity index (χ2v) is 4.83. The van der Waals surface area contributed by atoms with E-state index in [4.69, 9.17) is 0 Å². The molecule has 2 aliphatic rings. The zero-order valence-corrected chi connectivity index (χ0v) is 8.91. The van der Waals surface area contributed by atoms with Gasteiger partial charge in [-0.05, 0) is 42.7 Å². The van der Waals surface area contributed by atoms with Gasteiger partial charge in [-0.1, -0.05) is 24.3 Å². The first-order valence-electron chi connectivity index (χ1n) is 5.97. The maximum Gasteiger partial charge on any atom is 0.140 e. The molecule has 15 heavy (non-hydrogen) atoms. The van der Waals surface area contributed by atoms with Crippen molar-refractivity contribution in [3.8, 4) is 0 Å². The molecular formula is C14H16O. The first-order valence-corrected chi connectivity index (χ1v) is 5.97. The predicted octanol–water partition coefficient (Wildman–Crippen LogP) is 3.09. The van der Waals surface area contributed by atoms with Crippen molar-refractivity contribution in [1.82, 2.24) is 0 Å². The van der Waals surface area contributed by atoms with E-state index in [1.807, 2.05) is 0 Å². The molecule has 2 aliphatic carbocycles. The molecule has 2 unspecified atom stereocenters. The molecule has 1 aromatic rings. The highest BCUT2D eigenvalue weighted by Crippen LogP contribution is 2.42. The topological polar surface area (TPSA) is 17.1 Å². The molecule has 0 aromatic heterocycles. The summed E-state index contributed by atoms with van der Waals surface area (Å²) in [6, 6.07) is 8.51. The molecule has 1 fully saturated rings. The standard InChI is InChI=1S/C14H16O/c15-13-7-3-5-11-9-8-10-4-1-2-6-12(10)14(11)13/h1-2,4,6,11,14H,3,5,7-9H2. The quantitative estimate of drug-likeness (QED) is 0.629. The number of carbonyl (C=O) groups excluding carboxylic acids is 1. The van der Waals surface area contributed by atoms with Gasteiger partial charge in [0.05, 0.1) is 0 Å². The number of carbonyl (C=O) groups is 1. The fourth-order valence-corrected chi connectivity index (χ4v) is 3.27. The van der Waals surface area contributed by atoms with Gasteiger partial charge >= 0.3 is 0 Å². The molecule has 0 heterocycles. The zero-order chi connectivity index (χ0) is 10.3. The van der Waals surface area contributed by atoms with Gasteiger partial charge in [-0.3, -0.25) is 4.79 Å². The van der Waals surface area contributed by atoms with Crippen molar-refractivity contribution in [3.05, 3.63) is 35.4 Å². The van der Waals surface area contributed by atoms with Gasteiger partial charge in [0.2, 0.25) is 0 Å². The Kier molecular flexibility index (Phi) is 2.12. The highest BCUT2D eigenvalue weighted by Gasteiger charge is 2.36. The third kappa shape index (κ3) is 1.41. The Bertz CT molecular complexity index is 394. The van der Waals surface area contributed by atoms with Gasteiger partial charge in [0.15, 0.2) is 0 Å². The van der Waals surface area contributed by atoms with E-state index < -0.39 is 0 Å². The van der Waals surface area contributed by atoms with E-state index in [1.54, 1.807) is 0 Å². The molecule has 0 amide bonds. The molecule has 1 aromatic carbocycles. The van der Waals surface area contributed by atoms with Crippen molar-refractivity contribution in [2.24, 2.45) is 5.92 Å². The molecule has 3 rings (SSSR count). The Morgan fingerprint density at radius 2 is 1.93 bits per heavy atom. The summed E-state index contributed by atoms with van der Waals surface area (Å²) in [6.45, 7) is 0. The van der Waals surface area contributed by atoms with Crippen LogP contribution in [0.15, 0.2) is 24.3 Å². The van der Waals surface area contributed by atoms with E-state index >= 15 is 0 Å². The van der Waals surface area contributed by atoms with Crippen molar-refractivity contribution < 1.29 is 4.79 Å². The van der Waals surface area contributed by atoms with Crippen molar-refractivity contribution in [3.63, 3.8) is 0 Å². The fourth-order valence-electron chi connectivity index (χ4n) is 3.27. The highest BCUT2D eigenvalue weighted by molar-refractivity contribution is 5.87. The van der Waals surface area contributed by atoms with Crippen LogP contribution in [0.2, 0.25) is 0 Å². The van der Waals surface area contributed by atoms with Crippen LogP contribution in [-0.4, -0.2) is 5.78 Å². The van der Waals surface area contributed by atoms with Crippen LogP contribution in [0.1, 0.15) is 42.7 Å². The number of Topliss-reactive ketones (excluding diaryl/α,β-unsaturated/α-hetero) is 1. The number of hydrogen-bond acceptors (Lipinski definition) is 1. The fraction of sp³-hybridized carbons (Fsp3) is 0.500. The van der Waals surface area contributed by atoms with E-state index in [0.29, 0.717) is 11.7 Å². The monoisotopic (exact) mass is 200 g/mol. The van der Waals surface area contributed by atoms with Crippen LogP contribution in [0, 0.1) is 5.92 Å². The Morgan fingerprint density at radius 3 is 2.87 bits per heavy atom. The minimum Gasteiger partial charge on any atom is -0.299 e. The van der Waals surface area contributed by atoms with E-state index in [9.17, 15) is 4.79 Å². The summed E-state index contributed by atoms with van der Waals surface area (Å²) in [5, 5.41) is 0. The van der Waals surface area contributed by atoms with Gasteiger partial charge in [-0.2, -0.15) is 0 Å². The first kappa shape index (κ1) is 9.14. The Balaban J connectivity index is 2.06. The lowest BCUT2D eigenvalue weighted by molar-refractivity contribution is -0.123. The molecule has 2 atom stereocenters. The predicted molar refractivity (Wildman–Crippen MR) is 59.9 cm³/mol. The number of hydrogen-bond donors (Lipinski definition) is 0. The van der Waals surface area contributed by atoms with E-state index in [0.717, 1.165) is 12.8 Å². The van der Waals surface area contributed by atoms with Crippen LogP contribution >= 0.6 is 0 Å². The molecule has 0 N–H and O–H groups in total. The summed E-state index contributed by atoms with van der Waals surface area (Å²) in [5.41, 5.74) is 2.74. The van der Waals surface area contributed by atoms with Crippen LogP contribution in [0.5, 0.6) is 0 Å². The van der Waals surface area contributed by atoms with E-state index in [1.165, 1.54) is 30.4 Å². The van der Waals surface area contributed by atoms with Gasteiger partial charge in [0.1, 0.15) is 5.78 Å². The maximum atomic E-state index is 12.0. The van der Waals surface area contributed by atoms with Crippen LogP contribution < -0.4 is 0 Å². The van der Waals surface area contributed by atoms with Crippen LogP contribution in [-0.2, 0) is 11.2 Å². The molecule has 0 saturated heterocycles. The number of rotatable bonds is 0. The van der Waals surface area contributed by atoms with Crippen molar-refractivity contribution in [1.29, 1.82) is 0 Å². The van der Waals surface area contributed by atoms with E-state index in [2.05, 4.69) is 24.3 Å². The third-order valence-corrected chi connectivity index (χ3v) is 3.99. The van der Waals surface area contributed by atoms with Gasteiger partial charge < -0.3 is 0 Å². The lowest BCUT2D eigenvalue weighted by Crippen LogP contribution is -2.30. The maximum absolute atomic E-state index is 12.0. The zero-order valence-electron chi connectivity index (χ0n) is 8.91. The number of benzene rings is 1. The molecule has 1 nitrogen and oxygen atoms in total. The molecule has 0 aliphatic heterocycles. The molecule has 0 radical (unpaired) electrons. The van der Waals surface area contributed by atoms with Crippen LogP contribution in [0.3, 0.4) is 0 Å². The lowest BCUT2D eigenvalue weighted by Gasteiger charge is -2.35. The largest absolute Gasteiger partial charge is 0.299 e. The normalized spacial score (nSPS) is 29.5. The number of fused-ring (bicyclic) bond motifs is 3. The van der Waals surface area contributed by atoms with Crippen molar-refractivity contribution in [2.75, 3.05) is 0 Å². The molecular weight excluding hydrogens is 184 g/mol. The van der Waals surface area contributed by atoms with Crippen LogP contribution in [0.25, 0.3) is 0 Å². The summed E-state index contributed by atoms with van der Waals surface area (Å²) in [6.07, 6.45) is 5.56. The Hall–Kier alpha value is -1.11. The van der Waals surface area contributed by atoms with Crippen LogP contribution in [0.4, 0.5) is 0 Å². The molecule has 1 saturated carbocycles. The highest BCUT2D eigenvalue weighted by atomic mass is 16.1. The SMILES string of the molecule is O=C1CCCC2CCc3ccccc3C12. The second kappa shape index (κ2) is 3.48. The summed E-state index contributed by atoms with van der Waals surface area (Å²) < 4.78 is 0. The average molecular weight is 200 g/mol. The van der Waals surface area contributed by atoms with E-state index in [-0.39, 0.29) is 5.92 Å². The smallest absolute Gasteiger partial charge is 0.140 e. The Morgan fingerprint density at radius 1 is 1.07 bits per heavy atom. The summed E-state index contributed by atoms with van der Waals surface area (Å²) in [4.78, 5) is 12.0. The van der Waals surface area contributed by atoms with Gasteiger partial charge in [-0.15, -0.1) is 0 Å². The summed E-state index contributed by atoms with van der Waals surface area (Å²) in [5.74, 6) is 1.36. The lowest BCUT2D eigenvalue weighted by atomic mass is 9.67. The second-order valence-electron chi connectivity index (χ2n) is 4.83. The summed E-state index contributed by atoms with van der Waals surface area (Å²) in [7, 11) is 0. The molecule has 78 valence electrons. The Labute approximate surface area is 90.5 Å². The molecule has 1 heteroatoms. The summed E-state index contributed by atoms with van der Waals surface area (Å²) >= 11 is 0. The van der Waals surface area contributed by atoms with Gasteiger partial charge in [-0.25, -0.2) is 0 Å². The van der Waals surface area contributed by atoms with Crippen molar-refractivity contribution in [2.45, 2.75) is 38.0 Å². The van der Waals surface area contributed by atoms with Gasteiger partial charge in [0, 0.05) is 12.3 Å². The minimum absolute atomic E-state index is 0.240. The average Bonchev–Trinajstić information content (AvgIpc) is 2.29. The van der Waals surface area contributed by atoms with Gasteiger partial charge in [0.25, 0.3) is 0 Å². The number of aryl methyl sites for hydroxylation is 1. The molecule has 0 spiro atoms. The third-order valence-electron chi connectivity index (χ3n) is 3.99.